The summed E-state index contributed by atoms with van der Waals surface area (Å²) >= 11 is 0. The highest BCUT2D eigenvalue weighted by Gasteiger charge is 2.23. The molecule has 0 heterocycles. The molecule has 0 amide bonds. The average Bonchev–Trinajstić information content (AvgIpc) is 2.11. The second kappa shape index (κ2) is 6.76. The van der Waals surface area contributed by atoms with Gasteiger partial charge in [0.2, 0.25) is 0 Å². The van der Waals surface area contributed by atoms with Crippen LogP contribution < -0.4 is 11.2 Å². The minimum atomic E-state index is -0.462. The van der Waals surface area contributed by atoms with Crippen LogP contribution in [0, 0.1) is 5.41 Å². The van der Waals surface area contributed by atoms with E-state index in [0.29, 0.717) is 13.1 Å². The molecule has 0 bridgehead atoms. The topological polar surface area (TPSA) is 67.6 Å². The lowest BCUT2D eigenvalue weighted by Gasteiger charge is -2.18. The van der Waals surface area contributed by atoms with E-state index < -0.39 is 5.41 Å². The monoisotopic (exact) mass is 217 g/mol. The van der Waals surface area contributed by atoms with Crippen molar-refractivity contribution < 1.29 is 9.63 Å². The smallest absolute Gasteiger partial charge is 0.329 e. The molecule has 0 atom stereocenters. The van der Waals surface area contributed by atoms with Gasteiger partial charge in [0.1, 0.15) is 0 Å². The van der Waals surface area contributed by atoms with Crippen LogP contribution in [0.5, 0.6) is 0 Å². The molecular weight excluding hydrogens is 194 g/mol. The number of hydrogen-bond donors (Lipinski definition) is 2. The fourth-order valence-corrected chi connectivity index (χ4v) is 0.838. The zero-order valence-electron chi connectivity index (χ0n) is 10.2. The summed E-state index contributed by atoms with van der Waals surface area (Å²) in [7, 11) is 1.97. The van der Waals surface area contributed by atoms with Crippen LogP contribution in [0.4, 0.5) is 0 Å². The molecule has 0 unspecified atom stereocenters. The molecule has 0 aliphatic heterocycles. The Morgan fingerprint density at radius 1 is 1.40 bits per heavy atom. The van der Waals surface area contributed by atoms with Gasteiger partial charge in [0.05, 0.1) is 5.41 Å². The summed E-state index contributed by atoms with van der Waals surface area (Å²) in [4.78, 5) is 18.3. The lowest BCUT2D eigenvalue weighted by molar-refractivity contribution is -0.160. The van der Waals surface area contributed by atoms with Crippen LogP contribution in [-0.2, 0) is 9.63 Å². The molecule has 0 saturated carbocycles. The fourth-order valence-electron chi connectivity index (χ4n) is 0.838. The Morgan fingerprint density at radius 3 is 2.47 bits per heavy atom. The Balaban J connectivity index is 3.51. The van der Waals surface area contributed by atoms with Crippen LogP contribution in [0.25, 0.3) is 0 Å². The van der Waals surface area contributed by atoms with E-state index in [-0.39, 0.29) is 5.97 Å². The molecular formula is C10H23N3O2. The SMILES string of the molecule is CN(CCN)CCNOC(=O)C(C)(C)C. The van der Waals surface area contributed by atoms with Gasteiger partial charge >= 0.3 is 5.97 Å². The van der Waals surface area contributed by atoms with Gasteiger partial charge in [0.25, 0.3) is 0 Å². The van der Waals surface area contributed by atoms with Gasteiger partial charge in [-0.1, -0.05) is 0 Å². The maximum atomic E-state index is 11.3. The molecule has 0 spiro atoms. The highest BCUT2D eigenvalue weighted by atomic mass is 16.7. The summed E-state index contributed by atoms with van der Waals surface area (Å²) in [6, 6.07) is 0. The van der Waals surface area contributed by atoms with E-state index in [1.165, 1.54) is 0 Å². The van der Waals surface area contributed by atoms with Crippen molar-refractivity contribution in [2.45, 2.75) is 20.8 Å². The van der Waals surface area contributed by atoms with Gasteiger partial charge in [-0.25, -0.2) is 4.79 Å². The van der Waals surface area contributed by atoms with E-state index in [0.717, 1.165) is 13.1 Å². The van der Waals surface area contributed by atoms with Gasteiger partial charge < -0.3 is 15.5 Å². The Bertz CT molecular complexity index is 190. The van der Waals surface area contributed by atoms with Crippen LogP contribution in [0.1, 0.15) is 20.8 Å². The van der Waals surface area contributed by atoms with Crippen molar-refractivity contribution in [3.05, 3.63) is 0 Å². The summed E-state index contributed by atoms with van der Waals surface area (Å²) < 4.78 is 0. The maximum Gasteiger partial charge on any atom is 0.329 e. The van der Waals surface area contributed by atoms with Crippen molar-refractivity contribution >= 4 is 5.97 Å². The van der Waals surface area contributed by atoms with Crippen LogP contribution in [0.2, 0.25) is 0 Å². The number of carbonyl (C=O) groups excluding carboxylic acids is 1. The molecule has 0 aromatic rings. The van der Waals surface area contributed by atoms with E-state index in [9.17, 15) is 4.79 Å². The summed E-state index contributed by atoms with van der Waals surface area (Å²) in [6.45, 7) is 8.34. The third-order valence-corrected chi connectivity index (χ3v) is 1.88. The lowest BCUT2D eigenvalue weighted by atomic mass is 9.98. The molecule has 0 rings (SSSR count). The maximum absolute atomic E-state index is 11.3. The summed E-state index contributed by atoms with van der Waals surface area (Å²) in [5.41, 5.74) is 7.58. The van der Waals surface area contributed by atoms with Gasteiger partial charge in [-0.05, 0) is 27.8 Å². The number of nitrogens with one attached hydrogen (secondary N) is 1. The molecule has 0 saturated heterocycles. The molecule has 3 N–H and O–H groups in total. The van der Waals surface area contributed by atoms with Crippen LogP contribution >= 0.6 is 0 Å². The Morgan fingerprint density at radius 2 is 2.00 bits per heavy atom. The van der Waals surface area contributed by atoms with E-state index >= 15 is 0 Å². The Labute approximate surface area is 91.9 Å². The molecule has 0 radical (unpaired) electrons. The first-order valence-electron chi connectivity index (χ1n) is 5.20. The van der Waals surface area contributed by atoms with Crippen LogP contribution in [0.3, 0.4) is 0 Å². The van der Waals surface area contributed by atoms with Crippen molar-refractivity contribution in [1.29, 1.82) is 0 Å². The first-order chi connectivity index (χ1) is 6.88. The van der Waals surface area contributed by atoms with E-state index in [4.69, 9.17) is 10.6 Å². The Kier molecular flexibility index (Phi) is 6.47. The molecule has 0 aromatic heterocycles. The normalized spacial score (nSPS) is 11.9. The number of nitrogens with zero attached hydrogens (tertiary/aromatic N) is 1. The van der Waals surface area contributed by atoms with E-state index in [1.54, 1.807) is 0 Å². The van der Waals surface area contributed by atoms with E-state index in [1.807, 2.05) is 27.8 Å². The second-order valence-corrected chi connectivity index (χ2v) is 4.63. The van der Waals surface area contributed by atoms with Gasteiger partial charge in [-0.15, -0.1) is 0 Å². The highest BCUT2D eigenvalue weighted by Crippen LogP contribution is 2.13. The molecule has 0 aliphatic rings. The average molecular weight is 217 g/mol. The first kappa shape index (κ1) is 14.3. The quantitative estimate of drug-likeness (QED) is 0.483. The zero-order valence-corrected chi connectivity index (χ0v) is 10.2. The molecule has 0 fully saturated rings. The van der Waals surface area contributed by atoms with Crippen molar-refractivity contribution in [2.75, 3.05) is 33.2 Å². The molecule has 5 nitrogen and oxygen atoms in total. The second-order valence-electron chi connectivity index (χ2n) is 4.63. The summed E-state index contributed by atoms with van der Waals surface area (Å²) in [5, 5.41) is 0. The Hall–Kier alpha value is -0.650. The standard InChI is InChI=1S/C10H23N3O2/c1-10(2,3)9(14)15-12-6-8-13(4)7-5-11/h12H,5-8,11H2,1-4H3. The lowest BCUT2D eigenvalue weighted by Crippen LogP contribution is -2.35. The van der Waals surface area contributed by atoms with Gasteiger partial charge in [-0.2, -0.15) is 5.48 Å². The molecule has 0 aliphatic carbocycles. The summed E-state index contributed by atoms with van der Waals surface area (Å²) in [6.07, 6.45) is 0. The summed E-state index contributed by atoms with van der Waals surface area (Å²) in [5.74, 6) is -0.246. The molecule has 0 aromatic carbocycles. The van der Waals surface area contributed by atoms with Gasteiger partial charge in [0, 0.05) is 26.2 Å². The van der Waals surface area contributed by atoms with Crippen molar-refractivity contribution in [3.8, 4) is 0 Å². The van der Waals surface area contributed by atoms with Crippen LogP contribution in [-0.4, -0.2) is 44.1 Å². The number of hydroxylamine groups is 1. The predicted octanol–water partition coefficient (Wildman–Crippen LogP) is -0.0292. The largest absolute Gasteiger partial charge is 0.370 e. The number of carbonyl (C=O) groups is 1. The van der Waals surface area contributed by atoms with Crippen molar-refractivity contribution in [1.82, 2.24) is 10.4 Å². The van der Waals surface area contributed by atoms with Gasteiger partial charge in [0.15, 0.2) is 0 Å². The third kappa shape index (κ3) is 7.30. The number of hydrogen-bond acceptors (Lipinski definition) is 5. The minimum absolute atomic E-state index is 0.246. The highest BCUT2D eigenvalue weighted by molar-refractivity contribution is 5.75. The molecule has 15 heavy (non-hydrogen) atoms. The van der Waals surface area contributed by atoms with E-state index in [2.05, 4.69) is 10.4 Å². The first-order valence-corrected chi connectivity index (χ1v) is 5.20. The fraction of sp³-hybridized carbons (Fsp3) is 0.900. The third-order valence-electron chi connectivity index (χ3n) is 1.88. The zero-order chi connectivity index (χ0) is 11.9. The van der Waals surface area contributed by atoms with Crippen molar-refractivity contribution in [2.24, 2.45) is 11.1 Å². The number of likely N-dealkylation sites (N-methyl/N-ethyl adjacent to an activating group) is 1. The minimum Gasteiger partial charge on any atom is -0.370 e. The molecule has 5 heteroatoms. The molecule has 90 valence electrons. The van der Waals surface area contributed by atoms with Gasteiger partial charge in [-0.3, -0.25) is 0 Å². The number of rotatable bonds is 6. The van der Waals surface area contributed by atoms with Crippen molar-refractivity contribution in [3.63, 3.8) is 0 Å². The predicted molar refractivity (Wildman–Crippen MR) is 60.1 cm³/mol. The number of nitrogens with two attached hydrogens (primary N) is 1. The van der Waals surface area contributed by atoms with Crippen LogP contribution in [0.15, 0.2) is 0 Å².